The fraction of sp³-hybridized carbons (Fsp3) is 0.409. The van der Waals surface area contributed by atoms with Crippen LogP contribution in [0, 0.1) is 5.92 Å². The van der Waals surface area contributed by atoms with Crippen molar-refractivity contribution >= 4 is 27.5 Å². The van der Waals surface area contributed by atoms with Crippen LogP contribution in [0.3, 0.4) is 0 Å². The summed E-state index contributed by atoms with van der Waals surface area (Å²) < 4.78 is 11.9. The first-order chi connectivity index (χ1) is 14.5. The molecule has 0 bridgehead atoms. The molecule has 4 rings (SSSR count). The zero-order valence-corrected chi connectivity index (χ0v) is 18.2. The summed E-state index contributed by atoms with van der Waals surface area (Å²) in [5.74, 6) is 1.62. The number of thiophene rings is 1. The number of fused-ring (bicyclic) bond motifs is 3. The van der Waals surface area contributed by atoms with Gasteiger partial charge in [-0.2, -0.15) is 0 Å². The molecule has 1 aliphatic rings. The van der Waals surface area contributed by atoms with E-state index < -0.39 is 0 Å². The number of nitrogens with zero attached hydrogens (tertiary/aromatic N) is 2. The van der Waals surface area contributed by atoms with Gasteiger partial charge in [-0.3, -0.25) is 14.2 Å². The Hall–Kier alpha value is -2.87. The molecule has 0 saturated heterocycles. The van der Waals surface area contributed by atoms with Gasteiger partial charge < -0.3 is 14.8 Å². The SMILES string of the molecule is COc1ccc(CNC(=O)Cn2cnc3sc4c(c3c2=O)CCC(C)C4)cc1OC. The first-order valence-corrected chi connectivity index (χ1v) is 10.8. The molecule has 0 saturated carbocycles. The lowest BCUT2D eigenvalue weighted by Crippen LogP contribution is -2.32. The quantitative estimate of drug-likeness (QED) is 0.654. The van der Waals surface area contributed by atoms with E-state index in [0.717, 1.165) is 35.2 Å². The second-order valence-corrected chi connectivity index (χ2v) is 8.76. The number of benzene rings is 1. The second-order valence-electron chi connectivity index (χ2n) is 7.68. The summed E-state index contributed by atoms with van der Waals surface area (Å²) in [5, 5.41) is 3.55. The van der Waals surface area contributed by atoms with Gasteiger partial charge in [-0.25, -0.2) is 4.98 Å². The molecule has 1 aliphatic carbocycles. The van der Waals surface area contributed by atoms with Crippen molar-refractivity contribution in [1.29, 1.82) is 0 Å². The number of nitrogens with one attached hydrogen (secondary N) is 1. The number of ether oxygens (including phenoxy) is 2. The molecule has 1 unspecified atom stereocenters. The smallest absolute Gasteiger partial charge is 0.262 e. The number of hydrogen-bond acceptors (Lipinski definition) is 6. The van der Waals surface area contributed by atoms with Crippen LogP contribution < -0.4 is 20.3 Å². The molecule has 8 heteroatoms. The zero-order chi connectivity index (χ0) is 21.3. The van der Waals surface area contributed by atoms with Gasteiger partial charge in [-0.05, 0) is 48.4 Å². The van der Waals surface area contributed by atoms with Gasteiger partial charge >= 0.3 is 0 Å². The Labute approximate surface area is 178 Å². The molecule has 0 aliphatic heterocycles. The van der Waals surface area contributed by atoms with Crippen LogP contribution in [0.1, 0.15) is 29.3 Å². The average molecular weight is 428 g/mol. The highest BCUT2D eigenvalue weighted by Crippen LogP contribution is 2.35. The summed E-state index contributed by atoms with van der Waals surface area (Å²) in [6.45, 7) is 2.51. The number of hydrogen-bond donors (Lipinski definition) is 1. The Morgan fingerprint density at radius 3 is 2.87 bits per heavy atom. The molecule has 2 aromatic heterocycles. The topological polar surface area (TPSA) is 82.5 Å². The molecule has 0 fully saturated rings. The van der Waals surface area contributed by atoms with Crippen LogP contribution in [0.2, 0.25) is 0 Å². The van der Waals surface area contributed by atoms with Gasteiger partial charge in [0.25, 0.3) is 5.56 Å². The average Bonchev–Trinajstić information content (AvgIpc) is 3.12. The lowest BCUT2D eigenvalue weighted by Gasteiger charge is -2.17. The van der Waals surface area contributed by atoms with E-state index in [1.54, 1.807) is 31.6 Å². The maximum atomic E-state index is 13.0. The van der Waals surface area contributed by atoms with E-state index in [1.807, 2.05) is 12.1 Å². The van der Waals surface area contributed by atoms with Gasteiger partial charge in [0.05, 0.1) is 25.9 Å². The van der Waals surface area contributed by atoms with Crippen LogP contribution in [0.5, 0.6) is 11.5 Å². The molecular weight excluding hydrogens is 402 g/mol. The van der Waals surface area contributed by atoms with Crippen molar-refractivity contribution in [3.8, 4) is 11.5 Å². The predicted octanol–water partition coefficient (Wildman–Crippen LogP) is 2.92. The summed E-state index contributed by atoms with van der Waals surface area (Å²) in [6, 6.07) is 5.47. The predicted molar refractivity (Wildman–Crippen MR) is 116 cm³/mol. The van der Waals surface area contributed by atoms with E-state index in [2.05, 4.69) is 17.2 Å². The normalized spacial score (nSPS) is 15.6. The number of rotatable bonds is 6. The van der Waals surface area contributed by atoms with E-state index in [-0.39, 0.29) is 18.0 Å². The number of methoxy groups -OCH3 is 2. The van der Waals surface area contributed by atoms with Crippen molar-refractivity contribution < 1.29 is 14.3 Å². The second kappa shape index (κ2) is 8.47. The lowest BCUT2D eigenvalue weighted by atomic mass is 9.89. The highest BCUT2D eigenvalue weighted by molar-refractivity contribution is 7.18. The Kier molecular flexibility index (Phi) is 5.76. The van der Waals surface area contributed by atoms with Crippen molar-refractivity contribution in [2.45, 2.75) is 39.3 Å². The molecule has 1 aromatic carbocycles. The molecule has 30 heavy (non-hydrogen) atoms. The van der Waals surface area contributed by atoms with Crippen molar-refractivity contribution in [1.82, 2.24) is 14.9 Å². The van der Waals surface area contributed by atoms with Gasteiger partial charge in [0.15, 0.2) is 11.5 Å². The minimum atomic E-state index is -0.245. The Morgan fingerprint density at radius 2 is 2.10 bits per heavy atom. The van der Waals surface area contributed by atoms with Crippen molar-refractivity contribution in [3.05, 3.63) is 50.9 Å². The maximum absolute atomic E-state index is 13.0. The van der Waals surface area contributed by atoms with Gasteiger partial charge in [0, 0.05) is 11.4 Å². The molecule has 158 valence electrons. The van der Waals surface area contributed by atoms with Crippen LogP contribution in [0.4, 0.5) is 0 Å². The van der Waals surface area contributed by atoms with Crippen molar-refractivity contribution in [2.24, 2.45) is 5.92 Å². The number of aromatic nitrogens is 2. The molecule has 1 N–H and O–H groups in total. The third kappa shape index (κ3) is 3.92. The summed E-state index contributed by atoms with van der Waals surface area (Å²) in [6.07, 6.45) is 4.47. The number of aryl methyl sites for hydroxylation is 1. The summed E-state index contributed by atoms with van der Waals surface area (Å²) in [7, 11) is 3.15. The molecule has 7 nitrogen and oxygen atoms in total. The maximum Gasteiger partial charge on any atom is 0.262 e. The van der Waals surface area contributed by atoms with E-state index >= 15 is 0 Å². The zero-order valence-electron chi connectivity index (χ0n) is 17.4. The molecular formula is C22H25N3O4S. The third-order valence-electron chi connectivity index (χ3n) is 5.53. The van der Waals surface area contributed by atoms with Gasteiger partial charge in [-0.1, -0.05) is 13.0 Å². The van der Waals surface area contributed by atoms with Crippen LogP contribution in [0.15, 0.2) is 29.3 Å². The van der Waals surface area contributed by atoms with Crippen LogP contribution >= 0.6 is 11.3 Å². The number of carbonyl (C=O) groups is 1. The summed E-state index contributed by atoms with van der Waals surface area (Å²) in [4.78, 5) is 32.0. The van der Waals surface area contributed by atoms with Crippen LogP contribution in [0.25, 0.3) is 10.2 Å². The standard InChI is InChI=1S/C22H25N3O4S/c1-13-4-6-15-18(8-13)30-21-20(15)22(27)25(12-24-21)11-19(26)23-10-14-5-7-16(28-2)17(9-14)29-3/h5,7,9,12-13H,4,6,8,10-11H2,1-3H3,(H,23,26). The van der Waals surface area contributed by atoms with E-state index in [1.165, 1.54) is 15.8 Å². The van der Waals surface area contributed by atoms with Crippen molar-refractivity contribution in [2.75, 3.05) is 14.2 Å². The summed E-state index contributed by atoms with van der Waals surface area (Å²) in [5.41, 5.74) is 1.88. The minimum Gasteiger partial charge on any atom is -0.493 e. The largest absolute Gasteiger partial charge is 0.493 e. The van der Waals surface area contributed by atoms with E-state index in [9.17, 15) is 9.59 Å². The lowest BCUT2D eigenvalue weighted by molar-refractivity contribution is -0.121. The van der Waals surface area contributed by atoms with Gasteiger partial charge in [-0.15, -0.1) is 11.3 Å². The number of carbonyl (C=O) groups excluding carboxylic acids is 1. The first-order valence-electron chi connectivity index (χ1n) is 9.97. The Bertz CT molecular complexity index is 1150. The van der Waals surface area contributed by atoms with Crippen LogP contribution in [-0.4, -0.2) is 29.7 Å². The number of amides is 1. The highest BCUT2D eigenvalue weighted by atomic mass is 32.1. The van der Waals surface area contributed by atoms with Gasteiger partial charge in [0.2, 0.25) is 5.91 Å². The summed E-state index contributed by atoms with van der Waals surface area (Å²) >= 11 is 1.61. The monoisotopic (exact) mass is 427 g/mol. The molecule has 1 atom stereocenters. The van der Waals surface area contributed by atoms with E-state index in [4.69, 9.17) is 9.47 Å². The highest BCUT2D eigenvalue weighted by Gasteiger charge is 2.23. The third-order valence-corrected chi connectivity index (χ3v) is 6.70. The fourth-order valence-corrected chi connectivity index (χ4v) is 5.22. The molecule has 3 aromatic rings. The Balaban J connectivity index is 1.48. The fourth-order valence-electron chi connectivity index (χ4n) is 3.88. The minimum absolute atomic E-state index is 0.0594. The Morgan fingerprint density at radius 1 is 1.30 bits per heavy atom. The van der Waals surface area contributed by atoms with Crippen LogP contribution in [-0.2, 0) is 30.7 Å². The van der Waals surface area contributed by atoms with Gasteiger partial charge in [0.1, 0.15) is 11.4 Å². The first kappa shape index (κ1) is 20.4. The molecule has 1 amide bonds. The van der Waals surface area contributed by atoms with E-state index in [0.29, 0.717) is 29.3 Å². The molecule has 0 spiro atoms. The molecule has 0 radical (unpaired) electrons. The van der Waals surface area contributed by atoms with Crippen molar-refractivity contribution in [3.63, 3.8) is 0 Å². The molecule has 2 heterocycles.